The van der Waals surface area contributed by atoms with E-state index < -0.39 is 0 Å². The average Bonchev–Trinajstić information content (AvgIpc) is 2.94. The average molecular weight is 318 g/mol. The van der Waals surface area contributed by atoms with E-state index in [1.54, 1.807) is 0 Å². The summed E-state index contributed by atoms with van der Waals surface area (Å²) in [7, 11) is 0. The molecule has 1 N–H and O–H groups in total. The fourth-order valence-corrected chi connectivity index (χ4v) is 4.16. The van der Waals surface area contributed by atoms with Crippen LogP contribution in [0, 0.1) is 5.92 Å². The summed E-state index contributed by atoms with van der Waals surface area (Å²) in [5.74, 6) is 1.33. The highest BCUT2D eigenvalue weighted by Gasteiger charge is 2.30. The lowest BCUT2D eigenvalue weighted by atomic mass is 9.91. The zero-order valence-electron chi connectivity index (χ0n) is 12.7. The number of benzene rings is 1. The van der Waals surface area contributed by atoms with E-state index in [1.165, 1.54) is 17.3 Å². The zero-order chi connectivity index (χ0) is 15.4. The first-order chi connectivity index (χ1) is 10.7. The predicted octanol–water partition coefficient (Wildman–Crippen LogP) is 2.68. The Kier molecular flexibility index (Phi) is 5.03. The minimum atomic E-state index is -0.285. The van der Waals surface area contributed by atoms with Gasteiger partial charge in [0.25, 0.3) is 0 Å². The van der Waals surface area contributed by atoms with Crippen molar-refractivity contribution in [1.82, 2.24) is 10.2 Å². The third-order valence-corrected chi connectivity index (χ3v) is 5.42. The van der Waals surface area contributed by atoms with E-state index in [1.807, 2.05) is 11.0 Å². The second-order valence-electron chi connectivity index (χ2n) is 6.10. The molecule has 0 aliphatic carbocycles. The van der Waals surface area contributed by atoms with Gasteiger partial charge in [0.2, 0.25) is 5.12 Å². The molecule has 0 radical (unpaired) electrons. The van der Waals surface area contributed by atoms with E-state index in [4.69, 9.17) is 0 Å². The molecule has 0 saturated carbocycles. The van der Waals surface area contributed by atoms with Crippen molar-refractivity contribution in [2.24, 2.45) is 5.92 Å². The maximum atomic E-state index is 12.4. The van der Waals surface area contributed by atoms with Gasteiger partial charge in [-0.05, 0) is 37.2 Å². The number of carbonyl (C=O) groups excluding carboxylic acids is 2. The number of thioether (sulfide) groups is 1. The second-order valence-corrected chi connectivity index (χ2v) is 7.20. The van der Waals surface area contributed by atoms with Crippen molar-refractivity contribution in [3.63, 3.8) is 0 Å². The molecule has 2 aliphatic heterocycles. The van der Waals surface area contributed by atoms with Crippen LogP contribution in [-0.4, -0.2) is 40.9 Å². The number of hydrogen-bond donors (Lipinski definition) is 1. The number of carbonyl (C=O) groups is 2. The third-order valence-electron chi connectivity index (χ3n) is 4.41. The van der Waals surface area contributed by atoms with Gasteiger partial charge < -0.3 is 10.2 Å². The quantitative estimate of drug-likeness (QED) is 0.932. The molecule has 22 heavy (non-hydrogen) atoms. The molecule has 2 saturated heterocycles. The normalized spacial score (nSPS) is 25.3. The van der Waals surface area contributed by atoms with Crippen molar-refractivity contribution < 1.29 is 9.59 Å². The van der Waals surface area contributed by atoms with E-state index in [2.05, 4.69) is 29.6 Å². The van der Waals surface area contributed by atoms with Crippen LogP contribution < -0.4 is 5.32 Å². The number of nitrogens with one attached hydrogen (secondary N) is 1. The fraction of sp³-hybridized carbons (Fsp3) is 0.529. The van der Waals surface area contributed by atoms with E-state index in [0.717, 1.165) is 44.5 Å². The Balaban J connectivity index is 1.53. The van der Waals surface area contributed by atoms with Crippen LogP contribution in [0.4, 0.5) is 4.79 Å². The monoisotopic (exact) mass is 318 g/mol. The van der Waals surface area contributed by atoms with Gasteiger partial charge in [-0.1, -0.05) is 42.1 Å². The number of urea groups is 1. The molecule has 2 atom stereocenters. The lowest BCUT2D eigenvalue weighted by Gasteiger charge is -2.33. The topological polar surface area (TPSA) is 49.4 Å². The Morgan fingerprint density at radius 2 is 2.09 bits per heavy atom. The van der Waals surface area contributed by atoms with Gasteiger partial charge in [0.15, 0.2) is 0 Å². The molecule has 118 valence electrons. The van der Waals surface area contributed by atoms with E-state index in [0.29, 0.717) is 5.92 Å². The molecule has 3 rings (SSSR count). The van der Waals surface area contributed by atoms with E-state index in [9.17, 15) is 9.59 Å². The van der Waals surface area contributed by atoms with Gasteiger partial charge in [-0.2, -0.15) is 0 Å². The van der Waals surface area contributed by atoms with Crippen LogP contribution in [0.5, 0.6) is 0 Å². The summed E-state index contributed by atoms with van der Waals surface area (Å²) in [6.07, 6.45) is 3.98. The molecule has 5 heteroatoms. The Labute approximate surface area is 135 Å². The minimum absolute atomic E-state index is 0.0707. The summed E-state index contributed by atoms with van der Waals surface area (Å²) >= 11 is 1.32. The zero-order valence-corrected chi connectivity index (χ0v) is 13.5. The number of nitrogens with zero attached hydrogens (tertiary/aromatic N) is 1. The van der Waals surface area contributed by atoms with Crippen molar-refractivity contribution in [2.75, 3.05) is 18.8 Å². The Morgan fingerprint density at radius 3 is 2.82 bits per heavy atom. The first kappa shape index (κ1) is 15.4. The van der Waals surface area contributed by atoms with Gasteiger partial charge in [-0.15, -0.1) is 0 Å². The summed E-state index contributed by atoms with van der Waals surface area (Å²) in [4.78, 5) is 25.9. The van der Waals surface area contributed by atoms with E-state index in [-0.39, 0.29) is 17.2 Å². The van der Waals surface area contributed by atoms with Crippen molar-refractivity contribution >= 4 is 22.9 Å². The lowest BCUT2D eigenvalue weighted by molar-refractivity contribution is -0.112. The Bertz CT molecular complexity index is 535. The van der Waals surface area contributed by atoms with Gasteiger partial charge in [-0.25, -0.2) is 4.79 Å². The fourth-order valence-electron chi connectivity index (χ4n) is 3.23. The van der Waals surface area contributed by atoms with Crippen molar-refractivity contribution in [3.8, 4) is 0 Å². The molecule has 0 aromatic heterocycles. The number of hydrogen-bond acceptors (Lipinski definition) is 3. The highest BCUT2D eigenvalue weighted by atomic mass is 32.2. The van der Waals surface area contributed by atoms with Crippen LogP contribution in [0.25, 0.3) is 0 Å². The van der Waals surface area contributed by atoms with Gasteiger partial charge in [0.1, 0.15) is 6.04 Å². The van der Waals surface area contributed by atoms with Crippen molar-refractivity contribution in [2.45, 2.75) is 31.7 Å². The van der Waals surface area contributed by atoms with Gasteiger partial charge in [0.05, 0.1) is 0 Å². The van der Waals surface area contributed by atoms with Crippen LogP contribution >= 0.6 is 11.8 Å². The third kappa shape index (κ3) is 3.83. The lowest BCUT2D eigenvalue weighted by Crippen LogP contribution is -2.49. The number of rotatable bonds is 3. The number of piperidine rings is 1. The van der Waals surface area contributed by atoms with Gasteiger partial charge in [-0.3, -0.25) is 4.79 Å². The number of likely N-dealkylation sites (tertiary alicyclic amines) is 1. The highest BCUT2D eigenvalue weighted by Crippen LogP contribution is 2.22. The van der Waals surface area contributed by atoms with Crippen LogP contribution in [0.15, 0.2) is 30.3 Å². The molecule has 2 amide bonds. The van der Waals surface area contributed by atoms with E-state index >= 15 is 0 Å². The maximum absolute atomic E-state index is 12.4. The molecule has 2 unspecified atom stereocenters. The number of amides is 2. The summed E-state index contributed by atoms with van der Waals surface area (Å²) in [5, 5.41) is 3.00. The molecule has 2 fully saturated rings. The van der Waals surface area contributed by atoms with Gasteiger partial charge >= 0.3 is 6.03 Å². The predicted molar refractivity (Wildman–Crippen MR) is 88.8 cm³/mol. The molecule has 1 aromatic carbocycles. The Morgan fingerprint density at radius 1 is 1.27 bits per heavy atom. The largest absolute Gasteiger partial charge is 0.327 e. The van der Waals surface area contributed by atoms with Crippen LogP contribution in [-0.2, 0) is 11.2 Å². The molecular formula is C17H22N2O2S. The summed E-state index contributed by atoms with van der Waals surface area (Å²) in [6, 6.07) is 10.1. The molecule has 2 heterocycles. The minimum Gasteiger partial charge on any atom is -0.327 e. The molecular weight excluding hydrogens is 296 g/mol. The van der Waals surface area contributed by atoms with Gasteiger partial charge in [0, 0.05) is 18.8 Å². The summed E-state index contributed by atoms with van der Waals surface area (Å²) in [6.45, 7) is 1.58. The summed E-state index contributed by atoms with van der Waals surface area (Å²) in [5.41, 5.74) is 1.33. The van der Waals surface area contributed by atoms with Crippen molar-refractivity contribution in [1.29, 1.82) is 0 Å². The molecule has 4 nitrogen and oxygen atoms in total. The first-order valence-corrected chi connectivity index (χ1v) is 8.97. The Hall–Kier alpha value is -1.49. The smallest absolute Gasteiger partial charge is 0.318 e. The van der Waals surface area contributed by atoms with Crippen LogP contribution in [0.1, 0.15) is 24.8 Å². The molecule has 0 spiro atoms. The molecule has 1 aromatic rings. The highest BCUT2D eigenvalue weighted by molar-refractivity contribution is 8.14. The second kappa shape index (κ2) is 7.18. The summed E-state index contributed by atoms with van der Waals surface area (Å²) < 4.78 is 0. The van der Waals surface area contributed by atoms with Crippen LogP contribution in [0.2, 0.25) is 0 Å². The first-order valence-electron chi connectivity index (χ1n) is 7.98. The van der Waals surface area contributed by atoms with Crippen LogP contribution in [0.3, 0.4) is 0 Å². The standard InChI is InChI=1S/C17H22N2O2S/c20-16-15(8-10-22-16)18-17(21)19-9-4-7-14(12-19)11-13-5-2-1-3-6-13/h1-3,5-6,14-15H,4,7-12H2,(H,18,21). The molecule has 2 aliphatic rings. The SMILES string of the molecule is O=C1SCCC1NC(=O)N1CCCC(Cc2ccccc2)C1. The van der Waals surface area contributed by atoms with Crippen molar-refractivity contribution in [3.05, 3.63) is 35.9 Å². The maximum Gasteiger partial charge on any atom is 0.318 e. The molecule has 0 bridgehead atoms.